The Morgan fingerprint density at radius 2 is 1.95 bits per heavy atom. The first-order valence-corrected chi connectivity index (χ1v) is 5.11. The van der Waals surface area contributed by atoms with E-state index < -0.39 is 30.4 Å². The van der Waals surface area contributed by atoms with Gasteiger partial charge in [-0.05, 0) is 18.2 Å². The number of hydrogen-bond donors (Lipinski definition) is 2. The van der Waals surface area contributed by atoms with Crippen LogP contribution in [0.25, 0.3) is 0 Å². The first kappa shape index (κ1) is 15.1. The lowest BCUT2D eigenvalue weighted by Gasteiger charge is -2.14. The molecule has 0 radical (unpaired) electrons. The maximum absolute atomic E-state index is 12.8. The van der Waals surface area contributed by atoms with E-state index in [1.54, 1.807) is 0 Å². The Kier molecular flexibility index (Phi) is 4.99. The summed E-state index contributed by atoms with van der Waals surface area (Å²) < 4.78 is 41.0. The molecule has 9 heteroatoms. The van der Waals surface area contributed by atoms with Crippen LogP contribution in [-0.2, 0) is 9.59 Å². The summed E-state index contributed by atoms with van der Waals surface area (Å²) in [5, 5.41) is 10.3. The Morgan fingerprint density at radius 1 is 1.32 bits per heavy atom. The van der Waals surface area contributed by atoms with Crippen LogP contribution in [0.3, 0.4) is 0 Å². The second-order valence-electron chi connectivity index (χ2n) is 3.20. The quantitative estimate of drug-likeness (QED) is 0.836. The highest BCUT2D eigenvalue weighted by molar-refractivity contribution is 6.37. The van der Waals surface area contributed by atoms with Gasteiger partial charge in [0, 0.05) is 5.02 Å². The Bertz CT molecular complexity index is 498. The second-order valence-corrected chi connectivity index (χ2v) is 3.64. The number of nitrogens with one attached hydrogen (secondary N) is 1. The average molecular weight is 298 g/mol. The van der Waals surface area contributed by atoms with Crippen molar-refractivity contribution >= 4 is 29.2 Å². The largest absolute Gasteiger partial charge is 0.474 e. The minimum Gasteiger partial charge on any atom is -0.474 e. The van der Waals surface area contributed by atoms with Crippen molar-refractivity contribution in [3.05, 3.63) is 23.2 Å². The van der Waals surface area contributed by atoms with Crippen molar-refractivity contribution in [2.75, 3.05) is 5.32 Å². The van der Waals surface area contributed by atoms with E-state index in [9.17, 15) is 22.8 Å². The number of carboxylic acid groups (broad SMARTS) is 1. The molecule has 1 aromatic rings. The lowest BCUT2D eigenvalue weighted by Crippen LogP contribution is -2.24. The van der Waals surface area contributed by atoms with E-state index in [1.807, 2.05) is 5.32 Å². The van der Waals surface area contributed by atoms with Gasteiger partial charge >= 0.3 is 18.3 Å². The molecule has 0 heterocycles. The van der Waals surface area contributed by atoms with Crippen LogP contribution in [0.4, 0.5) is 18.9 Å². The number of rotatable bonds is 4. The van der Waals surface area contributed by atoms with Crippen molar-refractivity contribution in [3.8, 4) is 5.75 Å². The minimum absolute atomic E-state index is 0.0699. The maximum atomic E-state index is 12.8. The van der Waals surface area contributed by atoms with E-state index in [1.165, 1.54) is 6.07 Å². The third-order valence-corrected chi connectivity index (χ3v) is 2.06. The van der Waals surface area contributed by atoms with Crippen LogP contribution < -0.4 is 10.1 Å². The topological polar surface area (TPSA) is 75.6 Å². The van der Waals surface area contributed by atoms with Gasteiger partial charge in [-0.25, -0.2) is 13.6 Å². The van der Waals surface area contributed by atoms with E-state index in [-0.39, 0.29) is 10.7 Å². The number of carbonyl (C=O) groups excluding carboxylic acids is 1. The number of carbonyl (C=O) groups is 2. The van der Waals surface area contributed by atoms with Gasteiger partial charge in [0.1, 0.15) is 5.75 Å². The highest BCUT2D eigenvalue weighted by Crippen LogP contribution is 2.29. The van der Waals surface area contributed by atoms with Gasteiger partial charge in [0.2, 0.25) is 0 Å². The van der Waals surface area contributed by atoms with Crippen molar-refractivity contribution in [2.24, 2.45) is 0 Å². The summed E-state index contributed by atoms with van der Waals surface area (Å²) in [7, 11) is 0. The number of hydrogen-bond acceptors (Lipinski definition) is 3. The van der Waals surface area contributed by atoms with Crippen molar-refractivity contribution in [1.29, 1.82) is 0 Å². The van der Waals surface area contributed by atoms with E-state index in [0.717, 1.165) is 12.1 Å². The third-order valence-electron chi connectivity index (χ3n) is 1.82. The van der Waals surface area contributed by atoms with Gasteiger partial charge in [-0.15, -0.1) is 0 Å². The van der Waals surface area contributed by atoms with Gasteiger partial charge in [-0.2, -0.15) is 4.39 Å². The van der Waals surface area contributed by atoms with Crippen LogP contribution in [0.15, 0.2) is 18.2 Å². The lowest BCUT2D eigenvalue weighted by atomic mass is 10.3. The molecule has 1 atom stereocenters. The van der Waals surface area contributed by atoms with Crippen LogP contribution in [0.2, 0.25) is 5.02 Å². The van der Waals surface area contributed by atoms with Crippen molar-refractivity contribution in [2.45, 2.75) is 12.8 Å². The standard InChI is InChI=1S/C10H7ClF3NO4/c11-4-1-2-6(19-8(14)7(12)13)5(3-4)15-9(16)10(17)18/h1-3,7-8H,(H,15,16)(H,17,18). The number of alkyl halides is 3. The van der Waals surface area contributed by atoms with Gasteiger partial charge in [0.05, 0.1) is 5.69 Å². The Hall–Kier alpha value is -1.96. The van der Waals surface area contributed by atoms with Crippen LogP contribution in [-0.4, -0.2) is 29.8 Å². The van der Waals surface area contributed by atoms with Crippen molar-refractivity contribution in [3.63, 3.8) is 0 Å². The number of carboxylic acids is 1. The van der Waals surface area contributed by atoms with Gasteiger partial charge < -0.3 is 15.2 Å². The molecular formula is C10H7ClF3NO4. The molecule has 0 spiro atoms. The highest BCUT2D eigenvalue weighted by atomic mass is 35.5. The number of anilines is 1. The SMILES string of the molecule is O=C(O)C(=O)Nc1cc(Cl)ccc1OC(F)C(F)F. The lowest BCUT2D eigenvalue weighted by molar-refractivity contribution is -0.147. The molecule has 0 fully saturated rings. The molecule has 19 heavy (non-hydrogen) atoms. The summed E-state index contributed by atoms with van der Waals surface area (Å²) >= 11 is 5.58. The molecule has 1 aromatic carbocycles. The Balaban J connectivity index is 2.97. The third kappa shape index (κ3) is 4.32. The van der Waals surface area contributed by atoms with Gasteiger partial charge in [0.15, 0.2) is 0 Å². The Morgan fingerprint density at radius 3 is 2.47 bits per heavy atom. The predicted octanol–water partition coefficient (Wildman–Crippen LogP) is 2.30. The monoisotopic (exact) mass is 297 g/mol. The average Bonchev–Trinajstić information content (AvgIpc) is 2.32. The van der Waals surface area contributed by atoms with Gasteiger partial charge in [-0.1, -0.05) is 11.6 Å². The summed E-state index contributed by atoms with van der Waals surface area (Å²) in [4.78, 5) is 21.3. The first-order chi connectivity index (χ1) is 8.81. The molecule has 0 aromatic heterocycles. The molecule has 1 rings (SSSR count). The van der Waals surface area contributed by atoms with Crippen molar-refractivity contribution in [1.82, 2.24) is 0 Å². The normalized spacial score (nSPS) is 12.1. The molecule has 104 valence electrons. The van der Waals surface area contributed by atoms with E-state index in [0.29, 0.717) is 0 Å². The molecule has 0 bridgehead atoms. The molecule has 0 saturated carbocycles. The number of ether oxygens (including phenoxy) is 1. The summed E-state index contributed by atoms with van der Waals surface area (Å²) in [6.07, 6.45) is -6.31. The number of amides is 1. The van der Waals surface area contributed by atoms with E-state index in [4.69, 9.17) is 16.7 Å². The van der Waals surface area contributed by atoms with Crippen molar-refractivity contribution < 1.29 is 32.6 Å². The summed E-state index contributed by atoms with van der Waals surface area (Å²) in [5.41, 5.74) is -0.330. The fourth-order valence-corrected chi connectivity index (χ4v) is 1.22. The second kappa shape index (κ2) is 6.28. The number of halogens is 4. The molecule has 0 saturated heterocycles. The van der Waals surface area contributed by atoms with Crippen LogP contribution >= 0.6 is 11.6 Å². The molecular weight excluding hydrogens is 291 g/mol. The molecule has 0 aliphatic carbocycles. The van der Waals surface area contributed by atoms with Crippen LogP contribution in [0.5, 0.6) is 5.75 Å². The molecule has 1 amide bonds. The highest BCUT2D eigenvalue weighted by Gasteiger charge is 2.23. The molecule has 2 N–H and O–H groups in total. The minimum atomic E-state index is -3.39. The predicted molar refractivity (Wildman–Crippen MR) is 59.2 cm³/mol. The fourth-order valence-electron chi connectivity index (χ4n) is 1.05. The zero-order valence-electron chi connectivity index (χ0n) is 9.07. The molecule has 5 nitrogen and oxygen atoms in total. The first-order valence-electron chi connectivity index (χ1n) is 4.74. The van der Waals surface area contributed by atoms with Crippen LogP contribution in [0, 0.1) is 0 Å². The van der Waals surface area contributed by atoms with E-state index >= 15 is 0 Å². The zero-order valence-corrected chi connectivity index (χ0v) is 9.83. The number of benzene rings is 1. The summed E-state index contributed by atoms with van der Waals surface area (Å²) in [6.45, 7) is 0. The molecule has 1 unspecified atom stereocenters. The molecule has 0 aliphatic rings. The smallest absolute Gasteiger partial charge is 0.394 e. The Labute approximate surface area is 109 Å². The maximum Gasteiger partial charge on any atom is 0.394 e. The van der Waals surface area contributed by atoms with E-state index in [2.05, 4.69) is 4.74 Å². The molecule has 0 aliphatic heterocycles. The van der Waals surface area contributed by atoms with Gasteiger partial charge in [-0.3, -0.25) is 4.79 Å². The van der Waals surface area contributed by atoms with Crippen LogP contribution in [0.1, 0.15) is 0 Å². The number of aliphatic carboxylic acids is 1. The zero-order chi connectivity index (χ0) is 14.6. The fraction of sp³-hybridized carbons (Fsp3) is 0.200. The van der Waals surface area contributed by atoms with Gasteiger partial charge in [0.25, 0.3) is 6.36 Å². The summed E-state index contributed by atoms with van der Waals surface area (Å²) in [5.74, 6) is -3.72. The summed E-state index contributed by atoms with van der Waals surface area (Å²) in [6, 6.07) is 3.26.